The van der Waals surface area contributed by atoms with Crippen LogP contribution in [0, 0.1) is 16.7 Å². The SMILES string of the molecule is CN1C(=N)N[C@](C)(c2cc(-c3cccc(C#N)c3)cs2)[C@@H](c2ccc(Cl)cc2)C1=O. The van der Waals surface area contributed by atoms with Crippen molar-refractivity contribution in [2.24, 2.45) is 0 Å². The van der Waals surface area contributed by atoms with Gasteiger partial charge in [0.25, 0.3) is 0 Å². The summed E-state index contributed by atoms with van der Waals surface area (Å²) >= 11 is 7.59. The van der Waals surface area contributed by atoms with Gasteiger partial charge in [-0.25, -0.2) is 0 Å². The number of carbonyl (C=O) groups is 1. The van der Waals surface area contributed by atoms with Crippen LogP contribution in [0.4, 0.5) is 0 Å². The number of hydrogen-bond acceptors (Lipinski definition) is 4. The van der Waals surface area contributed by atoms with E-state index < -0.39 is 11.5 Å². The van der Waals surface area contributed by atoms with Crippen LogP contribution in [0.1, 0.15) is 28.8 Å². The average Bonchev–Trinajstić information content (AvgIpc) is 3.25. The molecule has 2 aromatic carbocycles. The predicted octanol–water partition coefficient (Wildman–Crippen LogP) is 4.94. The molecule has 0 unspecified atom stereocenters. The number of carbonyl (C=O) groups excluding carboxylic acids is 1. The van der Waals surface area contributed by atoms with Crippen molar-refractivity contribution in [1.29, 1.82) is 10.7 Å². The first-order valence-electron chi connectivity index (χ1n) is 9.33. The molecule has 1 aromatic heterocycles. The number of hydrogen-bond donors (Lipinski definition) is 2. The zero-order chi connectivity index (χ0) is 21.5. The minimum Gasteiger partial charge on any atom is -0.345 e. The van der Waals surface area contributed by atoms with Crippen LogP contribution in [0.2, 0.25) is 5.02 Å². The first-order valence-corrected chi connectivity index (χ1v) is 10.6. The number of nitrogens with one attached hydrogen (secondary N) is 2. The largest absolute Gasteiger partial charge is 0.345 e. The Labute approximate surface area is 184 Å². The lowest BCUT2D eigenvalue weighted by Crippen LogP contribution is -2.62. The van der Waals surface area contributed by atoms with Crippen molar-refractivity contribution in [1.82, 2.24) is 10.2 Å². The predicted molar refractivity (Wildman–Crippen MR) is 120 cm³/mol. The fourth-order valence-electron chi connectivity index (χ4n) is 3.82. The molecule has 1 fully saturated rings. The lowest BCUT2D eigenvalue weighted by atomic mass is 9.76. The minimum absolute atomic E-state index is 0.0640. The Morgan fingerprint density at radius 3 is 2.63 bits per heavy atom. The summed E-state index contributed by atoms with van der Waals surface area (Å²) in [5.41, 5.74) is 2.55. The zero-order valence-corrected chi connectivity index (χ0v) is 18.0. The maximum absolute atomic E-state index is 13.3. The standard InChI is InChI=1S/C23H19ClN4OS/c1-23(19-11-17(13-30-19)16-5-3-4-14(10-16)12-25)20(15-6-8-18(24)9-7-15)21(29)28(2)22(26)27-23/h3-11,13,20H,1-2H3,(H2,26,27)/t20-,23+/m0/s1. The molecule has 3 aromatic rings. The van der Waals surface area contributed by atoms with Gasteiger partial charge in [0.15, 0.2) is 5.96 Å². The lowest BCUT2D eigenvalue weighted by Gasteiger charge is -2.45. The molecule has 2 heterocycles. The van der Waals surface area contributed by atoms with E-state index in [4.69, 9.17) is 17.0 Å². The normalized spacial score (nSPS) is 21.3. The molecule has 4 rings (SSSR count). The Kier molecular flexibility index (Phi) is 5.10. The second-order valence-electron chi connectivity index (χ2n) is 7.45. The third kappa shape index (κ3) is 3.36. The molecule has 2 atom stereocenters. The number of amides is 1. The molecule has 0 spiro atoms. The topological polar surface area (TPSA) is 80.0 Å². The van der Waals surface area contributed by atoms with Crippen molar-refractivity contribution < 1.29 is 4.79 Å². The number of likely N-dealkylation sites (N-methyl/N-ethyl adjacent to an activating group) is 1. The molecule has 0 bridgehead atoms. The van der Waals surface area contributed by atoms with E-state index in [1.165, 1.54) is 16.2 Å². The van der Waals surface area contributed by atoms with Crippen LogP contribution in [0.25, 0.3) is 11.1 Å². The molecule has 0 aliphatic carbocycles. The maximum atomic E-state index is 13.3. The van der Waals surface area contributed by atoms with Crippen LogP contribution >= 0.6 is 22.9 Å². The molecule has 2 N–H and O–H groups in total. The fraction of sp³-hybridized carbons (Fsp3) is 0.174. The number of guanidine groups is 1. The number of rotatable bonds is 3. The Hall–Kier alpha value is -3.14. The highest BCUT2D eigenvalue weighted by Crippen LogP contribution is 2.44. The molecule has 7 heteroatoms. The number of halogens is 1. The number of nitrogens with zero attached hydrogens (tertiary/aromatic N) is 2. The van der Waals surface area contributed by atoms with Crippen molar-refractivity contribution >= 4 is 34.8 Å². The van der Waals surface area contributed by atoms with E-state index in [2.05, 4.69) is 11.4 Å². The van der Waals surface area contributed by atoms with Gasteiger partial charge < -0.3 is 5.32 Å². The molecule has 150 valence electrons. The van der Waals surface area contributed by atoms with Gasteiger partial charge in [-0.05, 0) is 59.3 Å². The Morgan fingerprint density at radius 1 is 1.20 bits per heavy atom. The van der Waals surface area contributed by atoms with Gasteiger partial charge in [-0.2, -0.15) is 5.26 Å². The highest BCUT2D eigenvalue weighted by molar-refractivity contribution is 7.10. The number of benzene rings is 2. The van der Waals surface area contributed by atoms with E-state index >= 15 is 0 Å². The van der Waals surface area contributed by atoms with E-state index in [0.29, 0.717) is 10.6 Å². The summed E-state index contributed by atoms with van der Waals surface area (Å²) in [6, 6.07) is 18.9. The number of nitriles is 1. The van der Waals surface area contributed by atoms with Crippen molar-refractivity contribution in [3.63, 3.8) is 0 Å². The van der Waals surface area contributed by atoms with Crippen molar-refractivity contribution in [3.05, 3.63) is 81.0 Å². The Morgan fingerprint density at radius 2 is 1.93 bits per heavy atom. The molecule has 0 saturated carbocycles. The summed E-state index contributed by atoms with van der Waals surface area (Å²) in [6.07, 6.45) is 0. The van der Waals surface area contributed by atoms with Gasteiger partial charge in [-0.3, -0.25) is 15.1 Å². The second-order valence-corrected chi connectivity index (χ2v) is 8.80. The van der Waals surface area contributed by atoms with Crippen molar-refractivity contribution in [2.45, 2.75) is 18.4 Å². The molecule has 1 saturated heterocycles. The minimum atomic E-state index is -0.801. The molecule has 5 nitrogen and oxygen atoms in total. The van der Waals surface area contributed by atoms with Gasteiger partial charge in [0.05, 0.1) is 23.1 Å². The van der Waals surface area contributed by atoms with Crippen LogP contribution in [-0.4, -0.2) is 23.8 Å². The van der Waals surface area contributed by atoms with Crippen LogP contribution < -0.4 is 5.32 Å². The monoisotopic (exact) mass is 434 g/mol. The van der Waals surface area contributed by atoms with E-state index in [0.717, 1.165) is 21.6 Å². The molecule has 1 aliphatic heterocycles. The molecule has 1 aliphatic rings. The fourth-order valence-corrected chi connectivity index (χ4v) is 5.01. The van der Waals surface area contributed by atoms with Gasteiger partial charge in [0.2, 0.25) is 5.91 Å². The highest BCUT2D eigenvalue weighted by Gasteiger charge is 2.49. The second kappa shape index (κ2) is 7.60. The summed E-state index contributed by atoms with van der Waals surface area (Å²) in [4.78, 5) is 15.5. The lowest BCUT2D eigenvalue weighted by molar-refractivity contribution is -0.131. The summed E-state index contributed by atoms with van der Waals surface area (Å²) in [6.45, 7) is 1.95. The molecule has 1 amide bonds. The summed E-state index contributed by atoms with van der Waals surface area (Å²) in [5.74, 6) is -0.607. The van der Waals surface area contributed by atoms with Gasteiger partial charge >= 0.3 is 0 Å². The first-order chi connectivity index (χ1) is 14.3. The Bertz CT molecular complexity index is 1180. The summed E-state index contributed by atoms with van der Waals surface area (Å²) in [7, 11) is 1.60. The summed E-state index contributed by atoms with van der Waals surface area (Å²) < 4.78 is 0. The maximum Gasteiger partial charge on any atom is 0.239 e. The van der Waals surface area contributed by atoms with E-state index in [1.807, 2.05) is 48.7 Å². The quantitative estimate of drug-likeness (QED) is 0.613. The van der Waals surface area contributed by atoms with Crippen LogP contribution in [0.5, 0.6) is 0 Å². The zero-order valence-electron chi connectivity index (χ0n) is 16.4. The first kappa shape index (κ1) is 20.1. The highest BCUT2D eigenvalue weighted by atomic mass is 35.5. The van der Waals surface area contributed by atoms with Gasteiger partial charge in [0, 0.05) is 16.9 Å². The van der Waals surface area contributed by atoms with Gasteiger partial charge in [0.1, 0.15) is 0 Å². The van der Waals surface area contributed by atoms with Crippen LogP contribution in [0.15, 0.2) is 60.0 Å². The van der Waals surface area contributed by atoms with Crippen LogP contribution in [0.3, 0.4) is 0 Å². The molecule has 30 heavy (non-hydrogen) atoms. The van der Waals surface area contributed by atoms with E-state index in [9.17, 15) is 10.1 Å². The number of thiophene rings is 1. The van der Waals surface area contributed by atoms with Gasteiger partial charge in [-0.15, -0.1) is 11.3 Å². The van der Waals surface area contributed by atoms with Crippen molar-refractivity contribution in [2.75, 3.05) is 7.05 Å². The third-order valence-corrected chi connectivity index (χ3v) is 6.93. The molecular weight excluding hydrogens is 416 g/mol. The summed E-state index contributed by atoms with van der Waals surface area (Å²) in [5, 5.41) is 23.3. The van der Waals surface area contributed by atoms with E-state index in [-0.39, 0.29) is 11.9 Å². The molecule has 0 radical (unpaired) electrons. The smallest absolute Gasteiger partial charge is 0.239 e. The molecular formula is C23H19ClN4OS. The van der Waals surface area contributed by atoms with Crippen LogP contribution in [-0.2, 0) is 10.3 Å². The van der Waals surface area contributed by atoms with Gasteiger partial charge in [-0.1, -0.05) is 35.9 Å². The average molecular weight is 435 g/mol. The Balaban J connectivity index is 1.81. The van der Waals surface area contributed by atoms with Crippen molar-refractivity contribution in [3.8, 4) is 17.2 Å². The van der Waals surface area contributed by atoms with E-state index in [1.54, 1.807) is 25.2 Å². The third-order valence-electron chi connectivity index (χ3n) is 5.51.